The molecule has 7 heteroatoms. The summed E-state index contributed by atoms with van der Waals surface area (Å²) in [6.45, 7) is 0.316. The van der Waals surface area contributed by atoms with Crippen LogP contribution in [-0.2, 0) is 0 Å². The number of hydrogen-bond acceptors (Lipinski definition) is 5. The summed E-state index contributed by atoms with van der Waals surface area (Å²) in [7, 11) is 0. The topological polar surface area (TPSA) is 51.8 Å². The van der Waals surface area contributed by atoms with Crippen LogP contribution in [0, 0.1) is 11.7 Å². The number of rotatable bonds is 1. The molecule has 0 saturated carbocycles. The molecule has 0 aliphatic carbocycles. The van der Waals surface area contributed by atoms with Crippen LogP contribution >= 0.6 is 23.4 Å². The Balaban J connectivity index is 1.59. The maximum absolute atomic E-state index is 14.2. The van der Waals surface area contributed by atoms with Crippen LogP contribution in [0.15, 0.2) is 86.0 Å². The molecule has 2 atom stereocenters. The van der Waals surface area contributed by atoms with Crippen molar-refractivity contribution in [2.45, 2.75) is 10.1 Å². The lowest BCUT2D eigenvalue weighted by Gasteiger charge is -2.31. The fourth-order valence-corrected chi connectivity index (χ4v) is 5.75. The molecule has 0 unspecified atom stereocenters. The van der Waals surface area contributed by atoms with Gasteiger partial charge in [-0.2, -0.15) is 0 Å². The number of hydrogen-bond donors (Lipinski definition) is 0. The molecule has 2 aliphatic heterocycles. The van der Waals surface area contributed by atoms with E-state index in [2.05, 4.69) is 0 Å². The summed E-state index contributed by atoms with van der Waals surface area (Å²) in [5, 5.41) is 0.553. The van der Waals surface area contributed by atoms with Crippen molar-refractivity contribution in [3.63, 3.8) is 0 Å². The van der Waals surface area contributed by atoms with Gasteiger partial charge >= 0.3 is 0 Å². The minimum absolute atomic E-state index is 0.143. The van der Waals surface area contributed by atoms with E-state index in [1.54, 1.807) is 36.0 Å². The third-order valence-corrected chi connectivity index (χ3v) is 7.45. The molecule has 0 amide bonds. The number of aliphatic imine (C=N–C) groups is 1. The Morgan fingerprint density at radius 3 is 2.88 bits per heavy atom. The van der Waals surface area contributed by atoms with Gasteiger partial charge in [-0.1, -0.05) is 23.7 Å². The van der Waals surface area contributed by atoms with Gasteiger partial charge in [0.25, 0.3) is 0 Å². The molecular weight excluding hydrogens is 449 g/mol. The van der Waals surface area contributed by atoms with Crippen molar-refractivity contribution in [2.75, 3.05) is 6.61 Å². The van der Waals surface area contributed by atoms with Crippen LogP contribution in [0.5, 0.6) is 5.75 Å². The zero-order chi connectivity index (χ0) is 21.8. The van der Waals surface area contributed by atoms with Crippen LogP contribution in [0.25, 0.3) is 11.0 Å². The largest absolute Gasteiger partial charge is 0.492 e. The highest BCUT2D eigenvalue weighted by molar-refractivity contribution is 7.99. The minimum Gasteiger partial charge on any atom is -0.492 e. The van der Waals surface area contributed by atoms with E-state index in [-0.39, 0.29) is 22.4 Å². The maximum atomic E-state index is 14.2. The molecule has 158 valence electrons. The van der Waals surface area contributed by atoms with E-state index < -0.39 is 0 Å². The van der Waals surface area contributed by atoms with Crippen LogP contribution in [0.2, 0.25) is 5.02 Å². The third kappa shape index (κ3) is 3.14. The molecule has 0 N–H and O–H groups in total. The van der Waals surface area contributed by atoms with E-state index in [4.69, 9.17) is 25.7 Å². The first kappa shape index (κ1) is 19.6. The lowest BCUT2D eigenvalue weighted by Crippen LogP contribution is -2.33. The molecular formula is C25H15ClFNO3S. The average Bonchev–Trinajstić information content (AvgIpc) is 2.97. The molecule has 4 nitrogen and oxygen atoms in total. The van der Waals surface area contributed by atoms with Gasteiger partial charge in [-0.3, -0.25) is 9.79 Å². The van der Waals surface area contributed by atoms with Crippen molar-refractivity contribution in [1.82, 2.24) is 0 Å². The van der Waals surface area contributed by atoms with E-state index >= 15 is 0 Å². The predicted molar refractivity (Wildman–Crippen MR) is 124 cm³/mol. The predicted octanol–water partition coefficient (Wildman–Crippen LogP) is 6.56. The Morgan fingerprint density at radius 2 is 1.97 bits per heavy atom. The van der Waals surface area contributed by atoms with Crippen molar-refractivity contribution in [1.29, 1.82) is 0 Å². The van der Waals surface area contributed by atoms with Gasteiger partial charge in [-0.05, 0) is 48.5 Å². The Labute approximate surface area is 191 Å². The van der Waals surface area contributed by atoms with Crippen LogP contribution in [-0.4, -0.2) is 12.3 Å². The number of halogens is 2. The van der Waals surface area contributed by atoms with E-state index in [1.165, 1.54) is 18.4 Å². The van der Waals surface area contributed by atoms with Crippen LogP contribution in [0.1, 0.15) is 16.4 Å². The third-order valence-electron chi connectivity index (χ3n) is 5.78. The lowest BCUT2D eigenvalue weighted by atomic mass is 9.88. The van der Waals surface area contributed by atoms with Gasteiger partial charge in [0.15, 0.2) is 5.43 Å². The summed E-state index contributed by atoms with van der Waals surface area (Å²) in [5.74, 6) is -0.0552. The van der Waals surface area contributed by atoms with Gasteiger partial charge in [0.1, 0.15) is 17.1 Å². The van der Waals surface area contributed by atoms with Gasteiger partial charge in [-0.15, -0.1) is 11.8 Å². The molecule has 0 bridgehead atoms. The normalized spacial score (nSPS) is 19.2. The highest BCUT2D eigenvalue weighted by atomic mass is 35.5. The monoisotopic (exact) mass is 463 g/mol. The van der Waals surface area contributed by atoms with Crippen molar-refractivity contribution in [3.8, 4) is 5.75 Å². The Morgan fingerprint density at radius 1 is 1.09 bits per heavy atom. The molecule has 1 aromatic heterocycles. The van der Waals surface area contributed by atoms with Gasteiger partial charge in [0, 0.05) is 21.0 Å². The summed E-state index contributed by atoms with van der Waals surface area (Å²) >= 11 is 7.68. The first-order valence-electron chi connectivity index (χ1n) is 10.1. The molecule has 0 spiro atoms. The molecule has 4 aromatic rings. The maximum Gasteiger partial charge on any atom is 0.197 e. The SMILES string of the molecule is O=c1c([C@H]2Sc3ccccc3N=C3c4cc(F)ccc4OC[C@@H]32)coc2ccc(Cl)cc12. The number of nitrogens with zero attached hydrogens (tertiary/aromatic N) is 1. The van der Waals surface area contributed by atoms with E-state index in [9.17, 15) is 9.18 Å². The number of benzene rings is 3. The number of ether oxygens (including phenoxy) is 1. The van der Waals surface area contributed by atoms with Crippen molar-refractivity contribution in [3.05, 3.63) is 99.1 Å². The van der Waals surface area contributed by atoms with Gasteiger partial charge in [0.2, 0.25) is 0 Å². The molecule has 32 heavy (non-hydrogen) atoms. The van der Waals surface area contributed by atoms with Crippen LogP contribution in [0.4, 0.5) is 10.1 Å². The summed E-state index contributed by atoms with van der Waals surface area (Å²) in [4.78, 5) is 19.4. The minimum atomic E-state index is -0.364. The molecule has 3 aromatic carbocycles. The summed E-state index contributed by atoms with van der Waals surface area (Å²) in [6.07, 6.45) is 1.52. The molecule has 3 heterocycles. The highest BCUT2D eigenvalue weighted by Gasteiger charge is 2.39. The smallest absolute Gasteiger partial charge is 0.197 e. The molecule has 0 saturated heterocycles. The molecule has 2 aliphatic rings. The van der Waals surface area contributed by atoms with Crippen molar-refractivity contribution in [2.24, 2.45) is 10.9 Å². The van der Waals surface area contributed by atoms with E-state index in [0.29, 0.717) is 45.2 Å². The summed E-state index contributed by atoms with van der Waals surface area (Å²) in [5.41, 5.74) is 2.93. The van der Waals surface area contributed by atoms with Crippen LogP contribution < -0.4 is 10.2 Å². The zero-order valence-corrected chi connectivity index (χ0v) is 18.1. The second-order valence-corrected chi connectivity index (χ2v) is 9.34. The quantitative estimate of drug-likeness (QED) is 0.320. The average molecular weight is 464 g/mol. The molecule has 6 rings (SSSR count). The Bertz CT molecular complexity index is 1480. The number of para-hydroxylation sites is 1. The second kappa shape index (κ2) is 7.50. The second-order valence-electron chi connectivity index (χ2n) is 7.72. The Kier molecular flexibility index (Phi) is 4.59. The number of fused-ring (bicyclic) bond motifs is 5. The van der Waals surface area contributed by atoms with Crippen molar-refractivity contribution < 1.29 is 13.5 Å². The fourth-order valence-electron chi connectivity index (χ4n) is 4.25. The zero-order valence-electron chi connectivity index (χ0n) is 16.5. The molecule has 0 radical (unpaired) electrons. The van der Waals surface area contributed by atoms with E-state index in [1.807, 2.05) is 24.3 Å². The van der Waals surface area contributed by atoms with E-state index in [0.717, 1.165) is 10.6 Å². The lowest BCUT2D eigenvalue weighted by molar-refractivity contribution is 0.270. The van der Waals surface area contributed by atoms with Gasteiger partial charge in [-0.25, -0.2) is 4.39 Å². The number of thioether (sulfide) groups is 1. The van der Waals surface area contributed by atoms with Gasteiger partial charge < -0.3 is 9.15 Å². The standard InChI is InChI=1S/C25H15ClFNO3S/c26-13-5-7-21-16(9-13)24(29)18(12-31-21)25-17-11-30-20-8-6-14(27)10-15(20)23(17)28-19-3-1-2-4-22(19)32-25/h1-10,12,17,25H,11H2/t17-,25-/m0/s1. The highest BCUT2D eigenvalue weighted by Crippen LogP contribution is 2.49. The first-order valence-corrected chi connectivity index (χ1v) is 11.3. The Hall–Kier alpha value is -3.09. The fraction of sp³-hybridized carbons (Fsp3) is 0.120. The summed E-state index contributed by atoms with van der Waals surface area (Å²) < 4.78 is 26.0. The first-order chi connectivity index (χ1) is 15.6. The summed E-state index contributed by atoms with van der Waals surface area (Å²) in [6, 6.07) is 17.2. The van der Waals surface area contributed by atoms with Crippen molar-refractivity contribution >= 4 is 45.7 Å². The molecule has 0 fully saturated rings. The van der Waals surface area contributed by atoms with Gasteiger partial charge in [0.05, 0.1) is 40.8 Å². The van der Waals surface area contributed by atoms with Crippen LogP contribution in [0.3, 0.4) is 0 Å².